The summed E-state index contributed by atoms with van der Waals surface area (Å²) in [7, 11) is 0. The highest BCUT2D eigenvalue weighted by molar-refractivity contribution is 7.20. The number of benzene rings is 2. The van der Waals surface area contributed by atoms with Gasteiger partial charge in [-0.05, 0) is 42.7 Å². The molecule has 2 fully saturated rings. The number of amides is 1. The fourth-order valence-corrected chi connectivity index (χ4v) is 5.24. The normalized spacial score (nSPS) is 21.5. The van der Waals surface area contributed by atoms with Gasteiger partial charge in [-0.1, -0.05) is 35.6 Å². The molecule has 1 amide bonds. The topological polar surface area (TPSA) is 45.7 Å². The molecule has 5 rings (SSSR count). The lowest BCUT2D eigenvalue weighted by Crippen LogP contribution is -2.48. The van der Waals surface area contributed by atoms with Gasteiger partial charge in [-0.25, -0.2) is 4.98 Å². The summed E-state index contributed by atoms with van der Waals surface area (Å²) < 4.78 is 7.07. The van der Waals surface area contributed by atoms with Crippen LogP contribution in [0.15, 0.2) is 48.5 Å². The minimum absolute atomic E-state index is 0.218. The number of hydrogen-bond acceptors (Lipinski definition) is 5. The number of fused-ring (bicyclic) bond motifs is 3. The summed E-state index contributed by atoms with van der Waals surface area (Å²) in [6, 6.07) is 17.4. The van der Waals surface area contributed by atoms with E-state index in [0.717, 1.165) is 48.4 Å². The number of para-hydroxylation sites is 1. The molecular weight excluding hydrogens is 370 g/mol. The summed E-state index contributed by atoms with van der Waals surface area (Å²) in [5.41, 5.74) is 2.28. The van der Waals surface area contributed by atoms with E-state index in [1.165, 1.54) is 5.56 Å². The van der Waals surface area contributed by atoms with E-state index in [1.807, 2.05) is 35.2 Å². The van der Waals surface area contributed by atoms with Crippen molar-refractivity contribution in [1.29, 1.82) is 0 Å². The molecule has 2 aliphatic rings. The molecule has 2 saturated heterocycles. The lowest BCUT2D eigenvalue weighted by Gasteiger charge is -2.33. The first kappa shape index (κ1) is 17.6. The van der Waals surface area contributed by atoms with Gasteiger partial charge in [-0.15, -0.1) is 0 Å². The zero-order chi connectivity index (χ0) is 19.1. The molecule has 6 heteroatoms. The maximum Gasteiger partial charge on any atom is 0.279 e. The average Bonchev–Trinajstić information content (AvgIpc) is 3.40. The van der Waals surface area contributed by atoms with Crippen molar-refractivity contribution in [3.8, 4) is 10.9 Å². The second-order valence-corrected chi connectivity index (χ2v) is 8.65. The van der Waals surface area contributed by atoms with Gasteiger partial charge in [0.1, 0.15) is 5.75 Å². The standard InChI is InChI=1S/C22H23N3O2S/c1-15(26)25-14-17-12-18(25)13-24(17)11-10-16-6-8-19(9-7-16)27-22-23-20-4-2-3-5-21(20)28-22/h2-9,17-18H,10-14H2,1H3/t17-,18-/m0/s1. The van der Waals surface area contributed by atoms with Crippen LogP contribution in [0.25, 0.3) is 10.2 Å². The monoisotopic (exact) mass is 393 g/mol. The lowest BCUT2D eigenvalue weighted by atomic mass is 10.1. The quantitative estimate of drug-likeness (QED) is 0.659. The fourth-order valence-electron chi connectivity index (χ4n) is 4.40. The third kappa shape index (κ3) is 3.38. The molecule has 28 heavy (non-hydrogen) atoms. The lowest BCUT2D eigenvalue weighted by molar-refractivity contribution is -0.131. The smallest absolute Gasteiger partial charge is 0.279 e. The number of nitrogens with zero attached hydrogens (tertiary/aromatic N) is 3. The molecule has 2 aliphatic heterocycles. The van der Waals surface area contributed by atoms with E-state index in [9.17, 15) is 4.79 Å². The van der Waals surface area contributed by atoms with Crippen LogP contribution in [0.2, 0.25) is 0 Å². The molecule has 0 radical (unpaired) electrons. The molecule has 0 unspecified atom stereocenters. The van der Waals surface area contributed by atoms with Gasteiger partial charge in [0.25, 0.3) is 5.19 Å². The van der Waals surface area contributed by atoms with Crippen molar-refractivity contribution < 1.29 is 9.53 Å². The average molecular weight is 394 g/mol. The molecule has 3 aromatic rings. The molecule has 0 spiro atoms. The molecule has 3 heterocycles. The molecule has 2 aromatic carbocycles. The molecule has 144 valence electrons. The first-order valence-corrected chi connectivity index (χ1v) is 10.6. The Morgan fingerprint density at radius 2 is 1.96 bits per heavy atom. The number of carbonyl (C=O) groups excluding carboxylic acids is 1. The van der Waals surface area contributed by atoms with Crippen molar-refractivity contribution in [2.24, 2.45) is 0 Å². The molecule has 0 saturated carbocycles. The van der Waals surface area contributed by atoms with Crippen molar-refractivity contribution in [2.45, 2.75) is 31.8 Å². The SMILES string of the molecule is CC(=O)N1C[C@@H]2C[C@H]1CN2CCc1ccc(Oc2nc3ccccc3s2)cc1. The summed E-state index contributed by atoms with van der Waals surface area (Å²) in [5.74, 6) is 1.04. The van der Waals surface area contributed by atoms with Crippen LogP contribution in [0.1, 0.15) is 18.9 Å². The van der Waals surface area contributed by atoms with Crippen LogP contribution in [0.3, 0.4) is 0 Å². The largest absolute Gasteiger partial charge is 0.431 e. The molecule has 5 nitrogen and oxygen atoms in total. The number of hydrogen-bond donors (Lipinski definition) is 0. The van der Waals surface area contributed by atoms with E-state index in [0.29, 0.717) is 17.3 Å². The second kappa shape index (κ2) is 7.18. The Hall–Kier alpha value is -2.44. The highest BCUT2D eigenvalue weighted by Gasteiger charge is 2.43. The molecular formula is C22H23N3O2S. The number of likely N-dealkylation sites (tertiary alicyclic amines) is 2. The van der Waals surface area contributed by atoms with Gasteiger partial charge in [-0.3, -0.25) is 9.69 Å². The Bertz CT molecular complexity index is 967. The van der Waals surface area contributed by atoms with Crippen LogP contribution in [0, 0.1) is 0 Å². The fraction of sp³-hybridized carbons (Fsp3) is 0.364. The van der Waals surface area contributed by atoms with E-state index >= 15 is 0 Å². The maximum atomic E-state index is 11.6. The number of rotatable bonds is 5. The number of ether oxygens (including phenoxy) is 1. The number of thiazole rings is 1. The van der Waals surface area contributed by atoms with Crippen LogP contribution < -0.4 is 4.74 Å². The summed E-state index contributed by atoms with van der Waals surface area (Å²) >= 11 is 1.56. The zero-order valence-electron chi connectivity index (χ0n) is 15.9. The predicted octanol–water partition coefficient (Wildman–Crippen LogP) is 3.94. The van der Waals surface area contributed by atoms with Crippen LogP contribution in [0.4, 0.5) is 0 Å². The zero-order valence-corrected chi connectivity index (χ0v) is 16.7. The first-order chi connectivity index (χ1) is 13.7. The van der Waals surface area contributed by atoms with Crippen molar-refractivity contribution in [1.82, 2.24) is 14.8 Å². The highest BCUT2D eigenvalue weighted by Crippen LogP contribution is 2.32. The first-order valence-electron chi connectivity index (χ1n) is 9.79. The third-order valence-electron chi connectivity index (χ3n) is 5.85. The minimum Gasteiger partial charge on any atom is -0.431 e. The van der Waals surface area contributed by atoms with Crippen LogP contribution in [-0.4, -0.2) is 52.4 Å². The molecule has 0 N–H and O–H groups in total. The molecule has 0 aliphatic carbocycles. The van der Waals surface area contributed by atoms with E-state index in [1.54, 1.807) is 18.3 Å². The van der Waals surface area contributed by atoms with Gasteiger partial charge in [-0.2, -0.15) is 0 Å². The molecule has 2 bridgehead atoms. The van der Waals surface area contributed by atoms with E-state index < -0.39 is 0 Å². The van der Waals surface area contributed by atoms with Crippen LogP contribution >= 0.6 is 11.3 Å². The highest BCUT2D eigenvalue weighted by atomic mass is 32.1. The summed E-state index contributed by atoms with van der Waals surface area (Å²) in [6.07, 6.45) is 2.15. The third-order valence-corrected chi connectivity index (χ3v) is 6.76. The summed E-state index contributed by atoms with van der Waals surface area (Å²) in [5, 5.41) is 0.678. The van der Waals surface area contributed by atoms with Crippen molar-refractivity contribution in [3.05, 3.63) is 54.1 Å². The Morgan fingerprint density at radius 3 is 2.68 bits per heavy atom. The van der Waals surface area contributed by atoms with Gasteiger partial charge in [0.2, 0.25) is 5.91 Å². The Labute approximate surface area is 168 Å². The number of carbonyl (C=O) groups is 1. The van der Waals surface area contributed by atoms with Gasteiger partial charge in [0.05, 0.1) is 10.2 Å². The van der Waals surface area contributed by atoms with Crippen LogP contribution in [0.5, 0.6) is 10.9 Å². The van der Waals surface area contributed by atoms with Gasteiger partial charge >= 0.3 is 0 Å². The number of piperazine rings is 1. The van der Waals surface area contributed by atoms with Crippen molar-refractivity contribution in [2.75, 3.05) is 19.6 Å². The number of aromatic nitrogens is 1. The Balaban J connectivity index is 1.17. The van der Waals surface area contributed by atoms with Gasteiger partial charge < -0.3 is 9.64 Å². The minimum atomic E-state index is 0.218. The maximum absolute atomic E-state index is 11.6. The predicted molar refractivity (Wildman–Crippen MR) is 111 cm³/mol. The summed E-state index contributed by atoms with van der Waals surface area (Å²) in [4.78, 5) is 20.7. The van der Waals surface area contributed by atoms with Crippen molar-refractivity contribution >= 4 is 27.5 Å². The van der Waals surface area contributed by atoms with E-state index in [2.05, 4.69) is 28.1 Å². The van der Waals surface area contributed by atoms with Gasteiger partial charge in [0.15, 0.2) is 0 Å². The summed E-state index contributed by atoms with van der Waals surface area (Å²) in [6.45, 7) is 4.64. The molecule has 1 aromatic heterocycles. The second-order valence-electron chi connectivity index (χ2n) is 7.65. The van der Waals surface area contributed by atoms with E-state index in [-0.39, 0.29) is 5.91 Å². The Kier molecular flexibility index (Phi) is 4.53. The van der Waals surface area contributed by atoms with Gasteiger partial charge in [0, 0.05) is 38.6 Å². The van der Waals surface area contributed by atoms with Crippen molar-refractivity contribution in [3.63, 3.8) is 0 Å². The Morgan fingerprint density at radius 1 is 1.14 bits per heavy atom. The molecule has 2 atom stereocenters. The van der Waals surface area contributed by atoms with E-state index in [4.69, 9.17) is 4.74 Å². The van der Waals surface area contributed by atoms with Crippen LogP contribution in [-0.2, 0) is 11.2 Å².